The van der Waals surface area contributed by atoms with Gasteiger partial charge in [0.1, 0.15) is 80.4 Å². The lowest BCUT2D eigenvalue weighted by molar-refractivity contribution is -0.119. The lowest BCUT2D eigenvalue weighted by atomic mass is 10.0. The third kappa shape index (κ3) is 31.5. The van der Waals surface area contributed by atoms with E-state index in [1.165, 1.54) is 212 Å². The highest BCUT2D eigenvalue weighted by atomic mass is 33.2. The van der Waals surface area contributed by atoms with Crippen molar-refractivity contribution in [1.82, 2.24) is 5.32 Å². The van der Waals surface area contributed by atoms with Crippen molar-refractivity contribution < 1.29 is 14.3 Å². The zero-order chi connectivity index (χ0) is 57.1. The summed E-state index contributed by atoms with van der Waals surface area (Å²) in [6, 6.07) is 35.0. The topological polar surface area (TPSA) is 47.6 Å². The fourth-order valence-corrected chi connectivity index (χ4v) is 23.2. The summed E-state index contributed by atoms with van der Waals surface area (Å²) >= 11 is 19.1. The van der Waals surface area contributed by atoms with Gasteiger partial charge in [-0.1, -0.05) is 261 Å². The van der Waals surface area contributed by atoms with Gasteiger partial charge in [-0.05, 0) is 99.7 Å². The van der Waals surface area contributed by atoms with Crippen molar-refractivity contribution in [3.63, 3.8) is 0 Å². The first-order valence-corrected chi connectivity index (χ1v) is 42.4. The van der Waals surface area contributed by atoms with E-state index in [1.54, 1.807) is 45.5 Å². The number of nitrogens with one attached hydrogen (secondary N) is 1. The van der Waals surface area contributed by atoms with Gasteiger partial charge < -0.3 is 14.8 Å². The molecule has 444 valence electrons. The minimum atomic E-state index is -1.02. The number of hydrogen-bond acceptors (Lipinski definition) is 9. The van der Waals surface area contributed by atoms with Gasteiger partial charge in [-0.25, -0.2) is 0 Å². The van der Waals surface area contributed by atoms with Crippen LogP contribution in [0.2, 0.25) is 0 Å². The molecule has 0 saturated heterocycles. The highest BCUT2D eigenvalue weighted by molar-refractivity contribution is 8.94. The molecule has 0 fully saturated rings. The fraction of sp³-hybridized carbons (Fsp3) is 0.632. The monoisotopic (exact) mass is 1240 g/mol. The Balaban J connectivity index is 1.34. The number of hydrogen-bond donors (Lipinski definition) is 1. The van der Waals surface area contributed by atoms with Crippen LogP contribution in [0.5, 0.6) is 11.5 Å². The quantitative estimate of drug-likeness (QED) is 0.0265. The van der Waals surface area contributed by atoms with Crippen molar-refractivity contribution in [2.24, 2.45) is 0 Å². The van der Waals surface area contributed by atoms with Crippen LogP contribution in [-0.2, 0) is 41.2 Å². The van der Waals surface area contributed by atoms with Gasteiger partial charge in [0, 0.05) is 11.1 Å². The Morgan fingerprint density at radius 2 is 0.925 bits per heavy atom. The second-order valence-electron chi connectivity index (χ2n) is 22.0. The molecule has 1 N–H and O–H groups in total. The molecule has 80 heavy (non-hydrogen) atoms. The summed E-state index contributed by atoms with van der Waals surface area (Å²) in [4.78, 5) is 16.0. The van der Waals surface area contributed by atoms with Crippen molar-refractivity contribution in [2.45, 2.75) is 280 Å². The molecule has 0 spiro atoms. The number of ether oxygens (including phenoxy) is 2. The third-order valence-corrected chi connectivity index (χ3v) is 28.4. The van der Waals surface area contributed by atoms with E-state index < -0.39 is 10.2 Å². The summed E-state index contributed by atoms with van der Waals surface area (Å²) in [5.41, 5.74) is 5.11. The lowest BCUT2D eigenvalue weighted by Gasteiger charge is -2.23. The average molecular weight is 1240 g/mol. The molecule has 4 aromatic rings. The predicted octanol–water partition coefficient (Wildman–Crippen LogP) is 24.9. The van der Waals surface area contributed by atoms with Crippen LogP contribution < -0.4 is 14.8 Å². The smallest absolute Gasteiger partial charge is 0.324 e. The predicted molar refractivity (Wildman–Crippen MR) is 368 cm³/mol. The van der Waals surface area contributed by atoms with Gasteiger partial charge in [-0.15, -0.1) is 0 Å². The van der Waals surface area contributed by atoms with Crippen LogP contribution in [-0.4, -0.2) is 17.0 Å². The number of para-hydroxylation sites is 1. The van der Waals surface area contributed by atoms with E-state index in [1.807, 2.05) is 6.92 Å². The lowest BCUT2D eigenvalue weighted by Crippen LogP contribution is -2.29. The number of carbonyl (C=O) groups is 1. The van der Waals surface area contributed by atoms with Crippen LogP contribution in [0, 0.1) is 0 Å². The third-order valence-electron chi connectivity index (χ3n) is 15.1. The molecule has 0 radical (unpaired) electrons. The Morgan fingerprint density at radius 1 is 0.487 bits per heavy atom. The molecule has 0 aliphatic heterocycles. The number of unbranched alkanes of at least 4 members (excludes halogenated alkanes) is 26. The Bertz CT molecular complexity index is 2270. The summed E-state index contributed by atoms with van der Waals surface area (Å²) in [6.45, 7) is 11.1. The first-order chi connectivity index (χ1) is 39.3. The second kappa shape index (κ2) is 46.7. The maximum Gasteiger partial charge on any atom is 0.324 e. The molecule has 0 aromatic heterocycles. The maximum atomic E-state index is 13.7. The molecule has 0 saturated carbocycles. The summed E-state index contributed by atoms with van der Waals surface area (Å²) in [6.07, 6.45) is 42.8. The molecule has 4 rings (SSSR count). The Labute approximate surface area is 517 Å². The number of carbonyl (C=O) groups excluding carboxylic acids is 1. The van der Waals surface area contributed by atoms with E-state index in [0.29, 0.717) is 5.88 Å². The summed E-state index contributed by atoms with van der Waals surface area (Å²) < 4.78 is 14.1. The van der Waals surface area contributed by atoms with Crippen LogP contribution in [0.4, 0.5) is 0 Å². The molecule has 0 aliphatic carbocycles. The van der Waals surface area contributed by atoms with Gasteiger partial charge in [0.05, 0.1) is 9.79 Å². The molecule has 12 heteroatoms. The summed E-state index contributed by atoms with van der Waals surface area (Å²) in [7, 11) is 0. The Morgan fingerprint density at radius 3 is 1.46 bits per heavy atom. The van der Waals surface area contributed by atoms with E-state index >= 15 is 0 Å². The van der Waals surface area contributed by atoms with Gasteiger partial charge in [0.2, 0.25) is 5.91 Å². The molecule has 4 aromatic carbocycles. The second-order valence-corrected chi connectivity index (χ2v) is 38.8. The first kappa shape index (κ1) is 70.9. The normalized spacial score (nSPS) is 13.0. The number of amides is 1. The highest BCUT2D eigenvalue weighted by Gasteiger charge is 2.30. The molecule has 5 unspecified atom stereocenters. The summed E-state index contributed by atoms with van der Waals surface area (Å²) in [5, 5.41) is 0.966. The van der Waals surface area contributed by atoms with Gasteiger partial charge >= 0.3 is 10.2 Å². The largest absolute Gasteiger partial charge is 0.486 e. The molecule has 0 bridgehead atoms. The van der Waals surface area contributed by atoms with E-state index in [-0.39, 0.29) is 23.4 Å². The number of aryl methyl sites for hydroxylation is 2. The Hall–Kier alpha value is -1.61. The van der Waals surface area contributed by atoms with Gasteiger partial charge in [-0.2, -0.15) is 0 Å². The molecular formula is C68H105NO3P2S6+2. The summed E-state index contributed by atoms with van der Waals surface area (Å²) in [5.74, 6) is 2.47. The molecule has 1 amide bonds. The van der Waals surface area contributed by atoms with Crippen molar-refractivity contribution in [1.29, 1.82) is 0 Å². The SMILES string of the molecule is CCCCCCCCCCc1cccc(OC(CCCCCCCCC)c2ccccc2S[P+](=S)SC(C)C(=O)NCS[P+](=S)Sc2ccccc2C(CCCCCCCCC)Oc2ccccc2CCCCCCCCCC)c1. The van der Waals surface area contributed by atoms with Gasteiger partial charge in [0.25, 0.3) is 0 Å². The van der Waals surface area contributed by atoms with Crippen molar-refractivity contribution in [2.75, 3.05) is 5.88 Å². The standard InChI is InChI=1S/C68H104NO3P2S6/c1-6-10-14-18-22-26-28-32-43-58-44-42-47-60(55-58)71-64(51-34-30-24-20-16-12-8-3)61-48-37-41-54-67(61)80-74(76)78-57(5)68(70)69-56-77-73(75)79-66-53-40-38-49-62(66)65(52-35-31-25-21-17-13-9-4)72-63-50-39-36-46-59(63)45-33-29-27-23-19-15-11-7-2/h36-42,44,46-50,53-55,57,64-65H,6-35,43,45,51-52,56H2,1-5H3/q+1/p+1. The molecule has 0 aliphatic rings. The first-order valence-electron chi connectivity index (χ1n) is 31.8. The maximum absolute atomic E-state index is 13.7. The molecule has 5 atom stereocenters. The van der Waals surface area contributed by atoms with Crippen molar-refractivity contribution >= 4 is 85.2 Å². The van der Waals surface area contributed by atoms with E-state index in [0.717, 1.165) is 50.0 Å². The average Bonchev–Trinajstić information content (AvgIpc) is 3.48. The van der Waals surface area contributed by atoms with Crippen LogP contribution >= 0.6 is 55.7 Å². The van der Waals surface area contributed by atoms with E-state index in [2.05, 4.69) is 130 Å². The minimum absolute atomic E-state index is 0.0123. The van der Waals surface area contributed by atoms with Crippen LogP contribution in [0.1, 0.15) is 275 Å². The number of benzene rings is 4. The highest BCUT2D eigenvalue weighted by Crippen LogP contribution is 2.58. The molecule has 0 heterocycles. The minimum Gasteiger partial charge on any atom is -0.486 e. The van der Waals surface area contributed by atoms with Crippen LogP contribution in [0.15, 0.2) is 107 Å². The number of rotatable bonds is 50. The van der Waals surface area contributed by atoms with E-state index in [4.69, 9.17) is 33.1 Å². The fourth-order valence-electron chi connectivity index (χ4n) is 10.3. The zero-order valence-electron chi connectivity index (χ0n) is 50.3. The van der Waals surface area contributed by atoms with Crippen LogP contribution in [0.25, 0.3) is 0 Å². The van der Waals surface area contributed by atoms with Crippen molar-refractivity contribution in [3.8, 4) is 11.5 Å². The van der Waals surface area contributed by atoms with E-state index in [9.17, 15) is 4.79 Å². The van der Waals surface area contributed by atoms with Gasteiger partial charge in [-0.3, -0.25) is 4.79 Å². The molecule has 4 nitrogen and oxygen atoms in total. The zero-order valence-corrected chi connectivity index (χ0v) is 57.0. The van der Waals surface area contributed by atoms with Gasteiger partial charge in [0.15, 0.2) is 23.6 Å². The van der Waals surface area contributed by atoms with Crippen molar-refractivity contribution in [3.05, 3.63) is 119 Å². The Kier molecular flexibility index (Phi) is 41.3. The molecular weight excluding hydrogens is 1130 g/mol. The van der Waals surface area contributed by atoms with Crippen LogP contribution in [0.3, 0.4) is 0 Å².